The summed E-state index contributed by atoms with van der Waals surface area (Å²) in [5.74, 6) is -0.533. The fourth-order valence-electron chi connectivity index (χ4n) is 4.44. The van der Waals surface area contributed by atoms with Gasteiger partial charge in [0.05, 0.1) is 30.2 Å². The van der Waals surface area contributed by atoms with Crippen molar-refractivity contribution in [2.45, 2.75) is 32.6 Å². The zero-order chi connectivity index (χ0) is 23.5. The zero-order valence-electron chi connectivity index (χ0n) is 18.9. The number of carbonyl (C=O) groups is 3. The van der Waals surface area contributed by atoms with E-state index in [0.29, 0.717) is 68.2 Å². The number of fused-ring (bicyclic) bond motifs is 2. The van der Waals surface area contributed by atoms with Crippen molar-refractivity contribution in [3.05, 3.63) is 40.0 Å². The molecule has 0 saturated carbocycles. The van der Waals surface area contributed by atoms with E-state index in [1.807, 2.05) is 13.0 Å². The zero-order valence-corrected chi connectivity index (χ0v) is 19.7. The van der Waals surface area contributed by atoms with Crippen molar-refractivity contribution in [1.82, 2.24) is 14.8 Å². The number of methoxy groups -OCH3 is 1. The Morgan fingerprint density at radius 1 is 1.15 bits per heavy atom. The molecule has 0 spiro atoms. The molecule has 4 rings (SSSR count). The number of aryl methyl sites for hydroxylation is 1. The highest BCUT2D eigenvalue weighted by Crippen LogP contribution is 2.35. The predicted octanol–water partition coefficient (Wildman–Crippen LogP) is 3.47. The first-order chi connectivity index (χ1) is 15.9. The standard InChI is InChI=1S/C24H28ClN3O5/c1-3-12-33-24(31)28-10-8-27(9-11-28)22(29)15-4-6-17-20(14-15)26-19-7-5-16(23(30)32-2)13-18(19)21(17)25/h4,6,14,16H,3,5,7-13H2,1-2H3. The number of hydrogen-bond acceptors (Lipinski definition) is 6. The average Bonchev–Trinajstić information content (AvgIpc) is 2.86. The Labute approximate surface area is 197 Å². The lowest BCUT2D eigenvalue weighted by atomic mass is 9.86. The average molecular weight is 474 g/mol. The maximum Gasteiger partial charge on any atom is 0.409 e. The molecule has 1 aliphatic carbocycles. The highest BCUT2D eigenvalue weighted by atomic mass is 35.5. The summed E-state index contributed by atoms with van der Waals surface area (Å²) in [6.45, 7) is 4.14. The first kappa shape index (κ1) is 23.3. The minimum atomic E-state index is -0.326. The lowest BCUT2D eigenvalue weighted by Crippen LogP contribution is -2.50. The lowest BCUT2D eigenvalue weighted by molar-refractivity contribution is -0.145. The smallest absolute Gasteiger partial charge is 0.409 e. The van der Waals surface area contributed by atoms with E-state index in [4.69, 9.17) is 26.1 Å². The van der Waals surface area contributed by atoms with Crippen molar-refractivity contribution >= 4 is 40.5 Å². The summed E-state index contributed by atoms with van der Waals surface area (Å²) >= 11 is 6.70. The van der Waals surface area contributed by atoms with E-state index >= 15 is 0 Å². The normalized spacial score (nSPS) is 18.1. The Kier molecular flexibility index (Phi) is 7.02. The quantitative estimate of drug-likeness (QED) is 0.632. The fraction of sp³-hybridized carbons (Fsp3) is 0.500. The van der Waals surface area contributed by atoms with Crippen molar-refractivity contribution in [3.8, 4) is 0 Å². The highest BCUT2D eigenvalue weighted by molar-refractivity contribution is 6.36. The van der Waals surface area contributed by atoms with Gasteiger partial charge < -0.3 is 19.3 Å². The molecule has 2 amide bonds. The number of rotatable bonds is 4. The number of carbonyl (C=O) groups excluding carboxylic acids is 3. The van der Waals surface area contributed by atoms with Crippen LogP contribution in [0.2, 0.25) is 5.02 Å². The maximum atomic E-state index is 13.1. The highest BCUT2D eigenvalue weighted by Gasteiger charge is 2.29. The van der Waals surface area contributed by atoms with Gasteiger partial charge >= 0.3 is 12.1 Å². The summed E-state index contributed by atoms with van der Waals surface area (Å²) in [4.78, 5) is 45.2. The molecule has 0 radical (unpaired) electrons. The molecule has 1 aliphatic heterocycles. The molecule has 9 heteroatoms. The second-order valence-electron chi connectivity index (χ2n) is 8.44. The summed E-state index contributed by atoms with van der Waals surface area (Å²) in [6.07, 6.45) is 2.26. The molecule has 2 aromatic rings. The first-order valence-electron chi connectivity index (χ1n) is 11.3. The molecule has 1 saturated heterocycles. The molecule has 1 atom stereocenters. The topological polar surface area (TPSA) is 89.0 Å². The lowest BCUT2D eigenvalue weighted by Gasteiger charge is -2.34. The molecule has 2 aliphatic rings. The van der Waals surface area contributed by atoms with E-state index in [-0.39, 0.29) is 23.9 Å². The SMILES string of the molecule is CCCOC(=O)N1CCN(C(=O)c2ccc3c(Cl)c4c(nc3c2)CCC(C(=O)OC)C4)CC1. The van der Waals surface area contributed by atoms with Crippen LogP contribution in [0.1, 0.15) is 41.4 Å². The van der Waals surface area contributed by atoms with Gasteiger partial charge in [-0.25, -0.2) is 4.79 Å². The minimum Gasteiger partial charge on any atom is -0.469 e. The number of piperazine rings is 1. The summed E-state index contributed by atoms with van der Waals surface area (Å²) in [5.41, 5.74) is 2.96. The van der Waals surface area contributed by atoms with Gasteiger partial charge in [-0.15, -0.1) is 0 Å². The van der Waals surface area contributed by atoms with E-state index < -0.39 is 0 Å². The van der Waals surface area contributed by atoms with Crippen LogP contribution in [0, 0.1) is 5.92 Å². The summed E-state index contributed by atoms with van der Waals surface area (Å²) in [5, 5.41) is 1.35. The molecule has 176 valence electrons. The first-order valence-corrected chi connectivity index (χ1v) is 11.7. The Morgan fingerprint density at radius 3 is 2.58 bits per heavy atom. The van der Waals surface area contributed by atoms with Gasteiger partial charge in [0.2, 0.25) is 0 Å². The van der Waals surface area contributed by atoms with Crippen LogP contribution in [-0.4, -0.2) is 72.6 Å². The van der Waals surface area contributed by atoms with Gasteiger partial charge in [-0.05, 0) is 43.4 Å². The van der Waals surface area contributed by atoms with Gasteiger partial charge in [0.15, 0.2) is 0 Å². The van der Waals surface area contributed by atoms with Crippen LogP contribution in [-0.2, 0) is 27.1 Å². The van der Waals surface area contributed by atoms with Crippen molar-refractivity contribution in [1.29, 1.82) is 0 Å². The number of hydrogen-bond donors (Lipinski definition) is 0. The number of nitrogens with zero attached hydrogens (tertiary/aromatic N) is 3. The Hall–Kier alpha value is -2.87. The van der Waals surface area contributed by atoms with Crippen LogP contribution in [0.4, 0.5) is 4.79 Å². The van der Waals surface area contributed by atoms with Gasteiger partial charge in [-0.3, -0.25) is 14.6 Å². The van der Waals surface area contributed by atoms with Crippen molar-refractivity contribution in [2.24, 2.45) is 5.92 Å². The minimum absolute atomic E-state index is 0.0973. The molecular weight excluding hydrogens is 446 g/mol. The van der Waals surface area contributed by atoms with Gasteiger partial charge in [-0.2, -0.15) is 0 Å². The molecular formula is C24H28ClN3O5. The molecule has 33 heavy (non-hydrogen) atoms. The Bertz CT molecular complexity index is 1080. The molecule has 8 nitrogen and oxygen atoms in total. The van der Waals surface area contributed by atoms with Crippen LogP contribution >= 0.6 is 11.6 Å². The largest absolute Gasteiger partial charge is 0.469 e. The third-order valence-corrected chi connectivity index (χ3v) is 6.75. The molecule has 1 aromatic heterocycles. The van der Waals surface area contributed by atoms with E-state index in [2.05, 4.69) is 0 Å². The van der Waals surface area contributed by atoms with Gasteiger partial charge in [-0.1, -0.05) is 24.6 Å². The van der Waals surface area contributed by atoms with Gasteiger partial charge in [0.25, 0.3) is 5.91 Å². The summed E-state index contributed by atoms with van der Waals surface area (Å²) in [6, 6.07) is 5.35. The fourth-order valence-corrected chi connectivity index (χ4v) is 4.79. The molecule has 1 aromatic carbocycles. The third kappa shape index (κ3) is 4.76. The van der Waals surface area contributed by atoms with E-state index in [1.165, 1.54) is 7.11 Å². The van der Waals surface area contributed by atoms with E-state index in [0.717, 1.165) is 23.1 Å². The molecule has 1 fully saturated rings. The summed E-state index contributed by atoms with van der Waals surface area (Å²) in [7, 11) is 1.40. The number of esters is 1. The number of pyridine rings is 1. The Balaban J connectivity index is 1.49. The molecule has 0 bridgehead atoms. The van der Waals surface area contributed by atoms with Crippen LogP contribution < -0.4 is 0 Å². The van der Waals surface area contributed by atoms with E-state index in [9.17, 15) is 14.4 Å². The molecule has 1 unspecified atom stereocenters. The monoisotopic (exact) mass is 473 g/mol. The molecule has 2 heterocycles. The van der Waals surface area contributed by atoms with Crippen molar-refractivity contribution in [2.75, 3.05) is 39.9 Å². The second-order valence-corrected chi connectivity index (χ2v) is 8.82. The number of amides is 2. The van der Waals surface area contributed by atoms with Crippen LogP contribution in [0.3, 0.4) is 0 Å². The maximum absolute atomic E-state index is 13.1. The number of halogens is 1. The van der Waals surface area contributed by atoms with Crippen LogP contribution in [0.5, 0.6) is 0 Å². The molecule has 0 N–H and O–H groups in total. The Morgan fingerprint density at radius 2 is 1.88 bits per heavy atom. The number of benzene rings is 1. The van der Waals surface area contributed by atoms with Crippen molar-refractivity contribution < 1.29 is 23.9 Å². The summed E-state index contributed by atoms with van der Waals surface area (Å²) < 4.78 is 10.1. The number of aromatic nitrogens is 1. The third-order valence-electron chi connectivity index (χ3n) is 6.32. The van der Waals surface area contributed by atoms with Crippen LogP contribution in [0.25, 0.3) is 10.9 Å². The van der Waals surface area contributed by atoms with Gasteiger partial charge in [0, 0.05) is 42.8 Å². The van der Waals surface area contributed by atoms with E-state index in [1.54, 1.807) is 21.9 Å². The number of ether oxygens (including phenoxy) is 2. The van der Waals surface area contributed by atoms with Crippen molar-refractivity contribution in [3.63, 3.8) is 0 Å². The predicted molar refractivity (Wildman–Crippen MR) is 123 cm³/mol. The second kappa shape index (κ2) is 9.95. The van der Waals surface area contributed by atoms with Gasteiger partial charge in [0.1, 0.15) is 0 Å². The van der Waals surface area contributed by atoms with Crippen LogP contribution in [0.15, 0.2) is 18.2 Å².